The third-order valence-electron chi connectivity index (χ3n) is 5.17. The Balaban J connectivity index is 1.79. The number of unbranched alkanes of at least 4 members (excludes halogenated alkanes) is 1. The SMILES string of the molecule is CCCCNC(=O)c1c(N)n(/N=C\c2ccc(C(=O)OC)cc2)c2nc3ccccc3nc12. The average Bonchev–Trinajstić information content (AvgIpc) is 3.11. The van der Waals surface area contributed by atoms with Gasteiger partial charge in [-0.1, -0.05) is 37.6 Å². The van der Waals surface area contributed by atoms with Crippen molar-refractivity contribution in [1.29, 1.82) is 0 Å². The number of amides is 1. The number of hydrogen-bond acceptors (Lipinski definition) is 7. The molecule has 0 unspecified atom stereocenters. The molecular formula is C24H24N6O3. The maximum atomic E-state index is 12.9. The van der Waals surface area contributed by atoms with Gasteiger partial charge in [-0.2, -0.15) is 9.78 Å². The first-order chi connectivity index (χ1) is 16.0. The Morgan fingerprint density at radius 3 is 2.48 bits per heavy atom. The van der Waals surface area contributed by atoms with Gasteiger partial charge in [0.15, 0.2) is 5.65 Å². The van der Waals surface area contributed by atoms with Crippen molar-refractivity contribution < 1.29 is 14.3 Å². The molecule has 4 aromatic rings. The molecule has 2 aromatic carbocycles. The molecule has 0 aliphatic rings. The van der Waals surface area contributed by atoms with Gasteiger partial charge in [0.1, 0.15) is 16.9 Å². The van der Waals surface area contributed by atoms with Crippen LogP contribution in [0.4, 0.5) is 5.82 Å². The van der Waals surface area contributed by atoms with E-state index in [9.17, 15) is 9.59 Å². The molecule has 2 heterocycles. The molecule has 0 bridgehead atoms. The lowest BCUT2D eigenvalue weighted by Crippen LogP contribution is -2.25. The van der Waals surface area contributed by atoms with Gasteiger partial charge in [0.05, 0.1) is 29.9 Å². The number of benzene rings is 2. The first kappa shape index (κ1) is 21.9. The molecule has 0 aliphatic carbocycles. The number of carbonyl (C=O) groups is 2. The van der Waals surface area contributed by atoms with Crippen LogP contribution in [0, 0.1) is 0 Å². The smallest absolute Gasteiger partial charge is 0.337 e. The standard InChI is InChI=1S/C24H24N6O3/c1-3-4-13-26-23(31)19-20-22(29-18-8-6-5-7-17(18)28-20)30(21(19)25)27-14-15-9-11-16(12-10-15)24(32)33-2/h5-12,14H,3-4,13,25H2,1-2H3,(H,26,31)/b27-14-. The van der Waals surface area contributed by atoms with Crippen LogP contribution in [-0.2, 0) is 4.74 Å². The number of hydrogen-bond donors (Lipinski definition) is 2. The van der Waals surface area contributed by atoms with Gasteiger partial charge in [0, 0.05) is 6.54 Å². The van der Waals surface area contributed by atoms with Gasteiger partial charge in [-0.3, -0.25) is 4.79 Å². The lowest BCUT2D eigenvalue weighted by molar-refractivity contribution is 0.0600. The molecular weight excluding hydrogens is 420 g/mol. The van der Waals surface area contributed by atoms with Crippen LogP contribution in [0.3, 0.4) is 0 Å². The number of aromatic nitrogens is 3. The first-order valence-corrected chi connectivity index (χ1v) is 10.6. The molecule has 0 fully saturated rings. The number of ether oxygens (including phenoxy) is 1. The molecule has 0 saturated carbocycles. The summed E-state index contributed by atoms with van der Waals surface area (Å²) in [4.78, 5) is 33.9. The molecule has 0 spiro atoms. The molecule has 0 aliphatic heterocycles. The van der Waals surface area contributed by atoms with Gasteiger partial charge < -0.3 is 15.8 Å². The van der Waals surface area contributed by atoms with Crippen LogP contribution in [0.25, 0.3) is 22.2 Å². The lowest BCUT2D eigenvalue weighted by Gasteiger charge is -2.04. The molecule has 3 N–H and O–H groups in total. The van der Waals surface area contributed by atoms with E-state index in [0.717, 1.165) is 18.4 Å². The molecule has 1 amide bonds. The normalized spacial score (nSPS) is 11.3. The quantitative estimate of drug-likeness (QED) is 0.256. The summed E-state index contributed by atoms with van der Waals surface area (Å²) in [6.07, 6.45) is 3.39. The fourth-order valence-corrected chi connectivity index (χ4v) is 3.40. The highest BCUT2D eigenvalue weighted by Gasteiger charge is 2.23. The Morgan fingerprint density at radius 1 is 1.12 bits per heavy atom. The molecule has 168 valence electrons. The lowest BCUT2D eigenvalue weighted by atomic mass is 10.1. The first-order valence-electron chi connectivity index (χ1n) is 10.6. The van der Waals surface area contributed by atoms with Crippen molar-refractivity contribution in [1.82, 2.24) is 20.0 Å². The highest BCUT2D eigenvalue weighted by atomic mass is 16.5. The van der Waals surface area contributed by atoms with Crippen molar-refractivity contribution in [2.24, 2.45) is 5.10 Å². The van der Waals surface area contributed by atoms with Crippen molar-refractivity contribution in [3.8, 4) is 0 Å². The zero-order chi connectivity index (χ0) is 23.4. The summed E-state index contributed by atoms with van der Waals surface area (Å²) >= 11 is 0. The molecule has 4 rings (SSSR count). The van der Waals surface area contributed by atoms with E-state index >= 15 is 0 Å². The topological polar surface area (TPSA) is 124 Å². The van der Waals surface area contributed by atoms with Crippen LogP contribution >= 0.6 is 0 Å². The molecule has 0 saturated heterocycles. The van der Waals surface area contributed by atoms with Crippen LogP contribution < -0.4 is 11.1 Å². The second-order valence-corrected chi connectivity index (χ2v) is 7.42. The van der Waals surface area contributed by atoms with Crippen molar-refractivity contribution in [3.05, 3.63) is 65.2 Å². The molecule has 0 atom stereocenters. The summed E-state index contributed by atoms with van der Waals surface area (Å²) in [5, 5.41) is 7.37. The van der Waals surface area contributed by atoms with Crippen molar-refractivity contribution >= 4 is 46.1 Å². The number of carbonyl (C=O) groups excluding carboxylic acids is 2. The van der Waals surface area contributed by atoms with E-state index in [4.69, 9.17) is 10.5 Å². The third kappa shape index (κ3) is 4.38. The Hall–Kier alpha value is -4.27. The summed E-state index contributed by atoms with van der Waals surface area (Å²) in [7, 11) is 1.33. The molecule has 0 radical (unpaired) electrons. The van der Waals surface area contributed by atoms with Crippen LogP contribution in [0.1, 0.15) is 46.0 Å². The highest BCUT2D eigenvalue weighted by molar-refractivity contribution is 6.10. The summed E-state index contributed by atoms with van der Waals surface area (Å²) in [5.74, 6) is -0.580. The fraction of sp³-hybridized carbons (Fsp3) is 0.208. The van der Waals surface area contributed by atoms with E-state index in [1.807, 2.05) is 24.3 Å². The molecule has 33 heavy (non-hydrogen) atoms. The van der Waals surface area contributed by atoms with Gasteiger partial charge in [0.2, 0.25) is 0 Å². The second kappa shape index (κ2) is 9.47. The molecule has 9 nitrogen and oxygen atoms in total. The van der Waals surface area contributed by atoms with E-state index < -0.39 is 5.97 Å². The maximum Gasteiger partial charge on any atom is 0.337 e. The van der Waals surface area contributed by atoms with E-state index in [1.165, 1.54) is 11.8 Å². The largest absolute Gasteiger partial charge is 0.465 e. The Labute approximate surface area is 190 Å². The van der Waals surface area contributed by atoms with Crippen LogP contribution in [0.5, 0.6) is 0 Å². The maximum absolute atomic E-state index is 12.9. The number of nitrogens with two attached hydrogens (primary N) is 1. The minimum atomic E-state index is -0.417. The van der Waals surface area contributed by atoms with Gasteiger partial charge in [-0.15, -0.1) is 0 Å². The number of fused-ring (bicyclic) bond motifs is 2. The number of esters is 1. The number of nitrogens with zero attached hydrogens (tertiary/aromatic N) is 4. The zero-order valence-corrected chi connectivity index (χ0v) is 18.4. The third-order valence-corrected chi connectivity index (χ3v) is 5.17. The van der Waals surface area contributed by atoms with E-state index in [2.05, 4.69) is 27.3 Å². The number of nitrogens with one attached hydrogen (secondary N) is 1. The number of rotatable bonds is 7. The molecule has 9 heteroatoms. The number of para-hydroxylation sites is 2. The monoisotopic (exact) mass is 444 g/mol. The summed E-state index contributed by atoms with van der Waals surface area (Å²) in [5.41, 5.74) is 9.88. The minimum Gasteiger partial charge on any atom is -0.465 e. The van der Waals surface area contributed by atoms with Gasteiger partial charge in [-0.05, 0) is 36.2 Å². The fourth-order valence-electron chi connectivity index (χ4n) is 3.40. The van der Waals surface area contributed by atoms with Crippen LogP contribution in [0.2, 0.25) is 0 Å². The van der Waals surface area contributed by atoms with Gasteiger partial charge in [-0.25, -0.2) is 14.8 Å². The van der Waals surface area contributed by atoms with E-state index in [0.29, 0.717) is 34.3 Å². The Morgan fingerprint density at radius 2 is 1.82 bits per heavy atom. The predicted octanol–water partition coefficient (Wildman–Crippen LogP) is 3.37. The van der Waals surface area contributed by atoms with Crippen LogP contribution in [-0.4, -0.2) is 46.4 Å². The minimum absolute atomic E-state index is 0.150. The van der Waals surface area contributed by atoms with Crippen molar-refractivity contribution in [2.45, 2.75) is 19.8 Å². The Bertz CT molecular complexity index is 1360. The zero-order valence-electron chi connectivity index (χ0n) is 18.4. The van der Waals surface area contributed by atoms with Crippen molar-refractivity contribution in [2.75, 3.05) is 19.4 Å². The number of anilines is 1. The van der Waals surface area contributed by atoms with E-state index in [-0.39, 0.29) is 17.3 Å². The number of nitrogen functional groups attached to an aromatic ring is 1. The second-order valence-electron chi connectivity index (χ2n) is 7.42. The van der Waals surface area contributed by atoms with Gasteiger partial charge in [0.25, 0.3) is 5.91 Å². The molecule has 2 aromatic heterocycles. The number of methoxy groups -OCH3 is 1. The highest BCUT2D eigenvalue weighted by Crippen LogP contribution is 2.27. The van der Waals surface area contributed by atoms with Gasteiger partial charge >= 0.3 is 5.97 Å². The van der Waals surface area contributed by atoms with E-state index in [1.54, 1.807) is 30.5 Å². The van der Waals surface area contributed by atoms with Crippen LogP contribution in [0.15, 0.2) is 53.6 Å². The summed E-state index contributed by atoms with van der Waals surface area (Å²) < 4.78 is 6.13. The summed E-state index contributed by atoms with van der Waals surface area (Å²) in [6, 6.07) is 14.2. The van der Waals surface area contributed by atoms with Crippen molar-refractivity contribution in [3.63, 3.8) is 0 Å². The Kier molecular flexibility index (Phi) is 6.30. The summed E-state index contributed by atoms with van der Waals surface area (Å²) in [6.45, 7) is 2.59. The predicted molar refractivity (Wildman–Crippen MR) is 127 cm³/mol. The average molecular weight is 444 g/mol.